The van der Waals surface area contributed by atoms with Crippen molar-refractivity contribution in [1.29, 1.82) is 0 Å². The SMILES string of the molecule is CC(OC(=O)c1ccccc1-c1nc2ccccc2s1)C(=O)N1c2ccccc2CCc2ccccc21. The Labute approximate surface area is 219 Å². The van der Waals surface area contributed by atoms with E-state index in [4.69, 9.17) is 9.72 Å². The van der Waals surface area contributed by atoms with Crippen LogP contribution >= 0.6 is 11.3 Å². The lowest BCUT2D eigenvalue weighted by Gasteiger charge is -2.27. The van der Waals surface area contributed by atoms with E-state index in [0.29, 0.717) is 11.1 Å². The maximum Gasteiger partial charge on any atom is 0.339 e. The molecule has 0 radical (unpaired) electrons. The summed E-state index contributed by atoms with van der Waals surface area (Å²) in [5, 5.41) is 0.739. The molecule has 0 saturated carbocycles. The summed E-state index contributed by atoms with van der Waals surface area (Å²) in [6.45, 7) is 1.64. The fraction of sp³-hybridized carbons (Fsp3) is 0.129. The number of carbonyl (C=O) groups excluding carboxylic acids is 2. The summed E-state index contributed by atoms with van der Waals surface area (Å²) in [6, 6.07) is 30.9. The third-order valence-electron chi connectivity index (χ3n) is 6.65. The van der Waals surface area contributed by atoms with Crippen LogP contribution in [0.25, 0.3) is 20.8 Å². The van der Waals surface area contributed by atoms with Crippen molar-refractivity contribution < 1.29 is 14.3 Å². The van der Waals surface area contributed by atoms with Crippen LogP contribution in [0.15, 0.2) is 97.1 Å². The number of benzene rings is 4. The zero-order chi connectivity index (χ0) is 25.4. The van der Waals surface area contributed by atoms with Gasteiger partial charge in [-0.15, -0.1) is 11.3 Å². The highest BCUT2D eigenvalue weighted by Gasteiger charge is 2.31. The molecule has 1 aromatic heterocycles. The van der Waals surface area contributed by atoms with Gasteiger partial charge in [0.05, 0.1) is 27.2 Å². The lowest BCUT2D eigenvalue weighted by molar-refractivity contribution is -0.125. The van der Waals surface area contributed by atoms with E-state index < -0.39 is 12.1 Å². The van der Waals surface area contributed by atoms with Crippen LogP contribution in [0.1, 0.15) is 28.4 Å². The fourth-order valence-electron chi connectivity index (χ4n) is 4.81. The van der Waals surface area contributed by atoms with Gasteiger partial charge in [0.2, 0.25) is 0 Å². The molecular weight excluding hydrogens is 480 g/mol. The van der Waals surface area contributed by atoms with Gasteiger partial charge in [0.15, 0.2) is 6.10 Å². The van der Waals surface area contributed by atoms with E-state index >= 15 is 0 Å². The van der Waals surface area contributed by atoms with E-state index in [1.54, 1.807) is 24.0 Å². The van der Waals surface area contributed by atoms with Crippen molar-refractivity contribution >= 4 is 44.8 Å². The third kappa shape index (κ3) is 4.30. The lowest BCUT2D eigenvalue weighted by Crippen LogP contribution is -2.37. The highest BCUT2D eigenvalue weighted by Crippen LogP contribution is 2.37. The van der Waals surface area contributed by atoms with Gasteiger partial charge in [-0.1, -0.05) is 66.7 Å². The molecule has 0 spiro atoms. The van der Waals surface area contributed by atoms with Crippen molar-refractivity contribution in [2.24, 2.45) is 0 Å². The molecule has 1 aliphatic rings. The van der Waals surface area contributed by atoms with Crippen molar-refractivity contribution in [3.8, 4) is 10.6 Å². The zero-order valence-corrected chi connectivity index (χ0v) is 21.1. The smallest absolute Gasteiger partial charge is 0.339 e. The summed E-state index contributed by atoms with van der Waals surface area (Å²) in [5.74, 6) is -0.834. The molecule has 2 heterocycles. The number of fused-ring (bicyclic) bond motifs is 3. The summed E-state index contributed by atoms with van der Waals surface area (Å²) in [5.41, 5.74) is 5.80. The summed E-state index contributed by atoms with van der Waals surface area (Å²) >= 11 is 1.52. The molecule has 37 heavy (non-hydrogen) atoms. The quantitative estimate of drug-likeness (QED) is 0.248. The molecule has 1 atom stereocenters. The number of carbonyl (C=O) groups is 2. The molecule has 0 fully saturated rings. The van der Waals surface area contributed by atoms with Crippen molar-refractivity contribution in [2.45, 2.75) is 25.9 Å². The molecule has 1 amide bonds. The number of hydrogen-bond donors (Lipinski definition) is 0. The topological polar surface area (TPSA) is 59.5 Å². The molecule has 6 heteroatoms. The lowest BCUT2D eigenvalue weighted by atomic mass is 10.0. The van der Waals surface area contributed by atoms with E-state index in [9.17, 15) is 9.59 Å². The average molecular weight is 505 g/mol. The van der Waals surface area contributed by atoms with Gasteiger partial charge < -0.3 is 4.74 Å². The minimum Gasteiger partial charge on any atom is -0.449 e. The van der Waals surface area contributed by atoms with Crippen molar-refractivity contribution in [2.75, 3.05) is 4.90 Å². The van der Waals surface area contributed by atoms with Gasteiger partial charge in [0, 0.05) is 5.56 Å². The number of aromatic nitrogens is 1. The normalized spacial score (nSPS) is 13.4. The Balaban J connectivity index is 1.31. The first-order chi connectivity index (χ1) is 18.1. The molecule has 0 N–H and O–H groups in total. The molecule has 6 rings (SSSR count). The van der Waals surface area contributed by atoms with Crippen LogP contribution in [0, 0.1) is 0 Å². The van der Waals surface area contributed by atoms with Crippen LogP contribution < -0.4 is 4.90 Å². The molecule has 1 aliphatic heterocycles. The number of thiazole rings is 1. The summed E-state index contributed by atoms with van der Waals surface area (Å²) in [6.07, 6.45) is 0.677. The number of hydrogen-bond acceptors (Lipinski definition) is 5. The van der Waals surface area contributed by atoms with E-state index in [0.717, 1.165) is 50.6 Å². The molecule has 4 aromatic carbocycles. The predicted octanol–water partition coefficient (Wildman–Crippen LogP) is 6.97. The first-order valence-corrected chi connectivity index (χ1v) is 13.1. The van der Waals surface area contributed by atoms with E-state index in [-0.39, 0.29) is 5.91 Å². The largest absolute Gasteiger partial charge is 0.449 e. The van der Waals surface area contributed by atoms with Crippen LogP contribution in [0.3, 0.4) is 0 Å². The minimum atomic E-state index is -0.991. The second kappa shape index (κ2) is 9.64. The highest BCUT2D eigenvalue weighted by atomic mass is 32.1. The molecule has 1 unspecified atom stereocenters. The van der Waals surface area contributed by atoms with Gasteiger partial charge in [-0.2, -0.15) is 0 Å². The Morgan fingerprint density at radius 2 is 1.41 bits per heavy atom. The summed E-state index contributed by atoms with van der Waals surface area (Å²) in [7, 11) is 0. The van der Waals surface area contributed by atoms with Gasteiger partial charge in [0.25, 0.3) is 5.91 Å². The van der Waals surface area contributed by atoms with Gasteiger partial charge in [0.1, 0.15) is 5.01 Å². The van der Waals surface area contributed by atoms with E-state index in [2.05, 4.69) is 0 Å². The number of esters is 1. The van der Waals surface area contributed by atoms with Crippen LogP contribution in [0.5, 0.6) is 0 Å². The number of nitrogens with zero attached hydrogens (tertiary/aromatic N) is 2. The number of aryl methyl sites for hydroxylation is 2. The van der Waals surface area contributed by atoms with Crippen molar-refractivity contribution in [1.82, 2.24) is 4.98 Å². The maximum absolute atomic E-state index is 13.9. The van der Waals surface area contributed by atoms with Gasteiger partial charge >= 0.3 is 5.97 Å². The number of para-hydroxylation sites is 3. The molecule has 5 nitrogen and oxygen atoms in total. The Bertz CT molecular complexity index is 1560. The fourth-order valence-corrected chi connectivity index (χ4v) is 5.81. The van der Waals surface area contributed by atoms with E-state index in [1.807, 2.05) is 84.9 Å². The molecule has 5 aromatic rings. The molecule has 0 aliphatic carbocycles. The third-order valence-corrected chi connectivity index (χ3v) is 7.72. The molecule has 182 valence electrons. The van der Waals surface area contributed by atoms with Gasteiger partial charge in [-0.25, -0.2) is 9.78 Å². The average Bonchev–Trinajstić information content (AvgIpc) is 3.30. The number of rotatable bonds is 4. The number of amides is 1. The van der Waals surface area contributed by atoms with Crippen LogP contribution in [-0.2, 0) is 22.4 Å². The number of anilines is 2. The Morgan fingerprint density at radius 1 is 0.811 bits per heavy atom. The second-order valence-corrected chi connectivity index (χ2v) is 10.0. The maximum atomic E-state index is 13.9. The summed E-state index contributed by atoms with van der Waals surface area (Å²) in [4.78, 5) is 33.7. The number of ether oxygens (including phenoxy) is 1. The standard InChI is InChI=1S/C31H24N2O3S/c1-20(30(34)33-26-15-7-2-10-21(26)18-19-22-11-3-8-16-27(22)33)36-31(35)24-13-5-4-12-23(24)29-32-25-14-6-9-17-28(25)37-29/h2-17,20H,18-19H2,1H3. The van der Waals surface area contributed by atoms with Crippen LogP contribution in [0.4, 0.5) is 11.4 Å². The first kappa shape index (κ1) is 23.1. The minimum absolute atomic E-state index is 0.285. The van der Waals surface area contributed by atoms with E-state index in [1.165, 1.54) is 11.3 Å². The second-order valence-electron chi connectivity index (χ2n) is 9.01. The molecule has 0 bridgehead atoms. The van der Waals surface area contributed by atoms with Gasteiger partial charge in [-0.3, -0.25) is 9.69 Å². The van der Waals surface area contributed by atoms with Crippen molar-refractivity contribution in [3.05, 3.63) is 114 Å². The molecule has 0 saturated heterocycles. The highest BCUT2D eigenvalue weighted by molar-refractivity contribution is 7.21. The van der Waals surface area contributed by atoms with Crippen molar-refractivity contribution in [3.63, 3.8) is 0 Å². The summed E-state index contributed by atoms with van der Waals surface area (Å²) < 4.78 is 6.85. The Kier molecular flexibility index (Phi) is 6.02. The monoisotopic (exact) mass is 504 g/mol. The predicted molar refractivity (Wildman–Crippen MR) is 147 cm³/mol. The Morgan fingerprint density at radius 3 is 2.11 bits per heavy atom. The zero-order valence-electron chi connectivity index (χ0n) is 20.3. The Hall–Kier alpha value is -4.29. The first-order valence-electron chi connectivity index (χ1n) is 12.3. The molecular formula is C31H24N2O3S. The van der Waals surface area contributed by atoms with Crippen LogP contribution in [0.2, 0.25) is 0 Å². The van der Waals surface area contributed by atoms with Gasteiger partial charge in [-0.05, 0) is 61.2 Å². The van der Waals surface area contributed by atoms with Crippen LogP contribution in [-0.4, -0.2) is 23.0 Å².